The van der Waals surface area contributed by atoms with Gasteiger partial charge in [-0.25, -0.2) is 0 Å². The van der Waals surface area contributed by atoms with Gasteiger partial charge >= 0.3 is 0 Å². The van der Waals surface area contributed by atoms with Crippen LogP contribution in [0.5, 0.6) is 5.75 Å². The first kappa shape index (κ1) is 13.1. The molecule has 3 rings (SSSR count). The highest BCUT2D eigenvalue weighted by atomic mass is 16.5. The minimum Gasteiger partial charge on any atom is -0.494 e. The van der Waals surface area contributed by atoms with E-state index in [-0.39, 0.29) is 0 Å². The lowest BCUT2D eigenvalue weighted by Crippen LogP contribution is -2.26. The second-order valence-corrected chi connectivity index (χ2v) is 5.15. The Morgan fingerprint density at radius 1 is 1.30 bits per heavy atom. The summed E-state index contributed by atoms with van der Waals surface area (Å²) in [5.74, 6) is 3.41. The van der Waals surface area contributed by atoms with Crippen LogP contribution in [0.3, 0.4) is 0 Å². The van der Waals surface area contributed by atoms with Crippen LogP contribution in [0.4, 0.5) is 0 Å². The number of nitrogens with two attached hydrogens (primary N) is 1. The molecule has 1 aliphatic heterocycles. The van der Waals surface area contributed by atoms with Crippen molar-refractivity contribution >= 4 is 0 Å². The van der Waals surface area contributed by atoms with Crippen LogP contribution in [0.25, 0.3) is 11.4 Å². The molecule has 0 radical (unpaired) electrons. The van der Waals surface area contributed by atoms with Crippen molar-refractivity contribution in [1.29, 1.82) is 0 Å². The summed E-state index contributed by atoms with van der Waals surface area (Å²) in [4.78, 5) is 0. The third-order valence-corrected chi connectivity index (χ3v) is 3.80. The van der Waals surface area contributed by atoms with Crippen molar-refractivity contribution in [2.75, 3.05) is 13.2 Å². The van der Waals surface area contributed by atoms with E-state index >= 15 is 0 Å². The highest BCUT2D eigenvalue weighted by Gasteiger charge is 2.22. The van der Waals surface area contributed by atoms with Gasteiger partial charge in [0, 0.05) is 18.5 Å². The van der Waals surface area contributed by atoms with Gasteiger partial charge in [-0.15, -0.1) is 10.2 Å². The molecule has 0 aliphatic carbocycles. The highest BCUT2D eigenvalue weighted by molar-refractivity contribution is 5.56. The minimum absolute atomic E-state index is 0.528. The van der Waals surface area contributed by atoms with Crippen LogP contribution < -0.4 is 10.5 Å². The van der Waals surface area contributed by atoms with Gasteiger partial charge in [0.2, 0.25) is 0 Å². The lowest BCUT2D eigenvalue weighted by molar-refractivity contribution is 0.340. The number of hydrogen-bond acceptors (Lipinski definition) is 4. The van der Waals surface area contributed by atoms with Gasteiger partial charge in [0.1, 0.15) is 11.6 Å². The molecule has 5 nitrogen and oxygen atoms in total. The van der Waals surface area contributed by atoms with Crippen LogP contribution in [0.2, 0.25) is 0 Å². The molecule has 0 bridgehead atoms. The van der Waals surface area contributed by atoms with Gasteiger partial charge in [0.25, 0.3) is 0 Å². The van der Waals surface area contributed by atoms with Gasteiger partial charge in [-0.1, -0.05) is 0 Å². The average molecular weight is 272 g/mol. The third kappa shape index (κ3) is 2.41. The standard InChI is InChI=1S/C15H20N4O/c1-2-20-13-6-4-12(5-7-13)15-18-17-14-8-3-11(9-16)10-19(14)15/h4-7,11H,2-3,8-10,16H2,1H3. The normalized spacial score (nSPS) is 17.8. The van der Waals surface area contributed by atoms with E-state index in [0.717, 1.165) is 48.9 Å². The Balaban J connectivity index is 1.89. The summed E-state index contributed by atoms with van der Waals surface area (Å²) in [5, 5.41) is 8.65. The average Bonchev–Trinajstić information content (AvgIpc) is 2.91. The fourth-order valence-corrected chi connectivity index (χ4v) is 2.67. The summed E-state index contributed by atoms with van der Waals surface area (Å²) in [5.41, 5.74) is 6.87. The van der Waals surface area contributed by atoms with Crippen molar-refractivity contribution in [2.24, 2.45) is 11.7 Å². The highest BCUT2D eigenvalue weighted by Crippen LogP contribution is 2.26. The van der Waals surface area contributed by atoms with Crippen LogP contribution >= 0.6 is 0 Å². The summed E-state index contributed by atoms with van der Waals surface area (Å²) in [6.45, 7) is 4.30. The number of rotatable bonds is 4. The predicted molar refractivity (Wildman–Crippen MR) is 77.5 cm³/mol. The lowest BCUT2D eigenvalue weighted by atomic mass is 9.99. The number of benzene rings is 1. The molecule has 5 heteroatoms. The van der Waals surface area contributed by atoms with Gasteiger partial charge < -0.3 is 15.0 Å². The van der Waals surface area contributed by atoms with E-state index in [2.05, 4.69) is 14.8 Å². The van der Waals surface area contributed by atoms with Crippen molar-refractivity contribution in [3.8, 4) is 17.1 Å². The molecular formula is C15H20N4O. The zero-order valence-corrected chi connectivity index (χ0v) is 11.7. The van der Waals surface area contributed by atoms with E-state index in [0.29, 0.717) is 12.5 Å². The minimum atomic E-state index is 0.528. The molecule has 2 N–H and O–H groups in total. The van der Waals surface area contributed by atoms with Gasteiger partial charge in [-0.2, -0.15) is 0 Å². The molecule has 20 heavy (non-hydrogen) atoms. The summed E-state index contributed by atoms with van der Waals surface area (Å²) in [6.07, 6.45) is 2.07. The number of nitrogens with zero attached hydrogens (tertiary/aromatic N) is 3. The first-order chi connectivity index (χ1) is 9.81. The Kier molecular flexibility index (Phi) is 3.69. The molecule has 1 aliphatic rings. The predicted octanol–water partition coefficient (Wildman–Crippen LogP) is 1.86. The second kappa shape index (κ2) is 5.63. The third-order valence-electron chi connectivity index (χ3n) is 3.80. The number of fused-ring (bicyclic) bond motifs is 1. The van der Waals surface area contributed by atoms with Gasteiger partial charge in [0.05, 0.1) is 6.61 Å². The van der Waals surface area contributed by atoms with Gasteiger partial charge in [-0.3, -0.25) is 0 Å². The SMILES string of the molecule is CCOc1ccc(-c2nnc3n2CC(CN)CC3)cc1. The van der Waals surface area contributed by atoms with Gasteiger partial charge in [-0.05, 0) is 50.1 Å². The van der Waals surface area contributed by atoms with Crippen molar-refractivity contribution in [3.63, 3.8) is 0 Å². The van der Waals surface area contributed by atoms with E-state index in [4.69, 9.17) is 10.5 Å². The molecule has 2 heterocycles. The maximum absolute atomic E-state index is 5.80. The number of hydrogen-bond donors (Lipinski definition) is 1. The Morgan fingerprint density at radius 3 is 2.80 bits per heavy atom. The first-order valence-electron chi connectivity index (χ1n) is 7.17. The molecular weight excluding hydrogens is 252 g/mol. The number of aryl methyl sites for hydroxylation is 1. The molecule has 0 amide bonds. The quantitative estimate of drug-likeness (QED) is 0.922. The van der Waals surface area contributed by atoms with Crippen molar-refractivity contribution < 1.29 is 4.74 Å². The topological polar surface area (TPSA) is 66.0 Å². The smallest absolute Gasteiger partial charge is 0.163 e. The van der Waals surface area contributed by atoms with Crippen LogP contribution in [0.1, 0.15) is 19.2 Å². The van der Waals surface area contributed by atoms with Crippen molar-refractivity contribution in [2.45, 2.75) is 26.3 Å². The molecule has 2 aromatic rings. The molecule has 0 saturated heterocycles. The summed E-state index contributed by atoms with van der Waals surface area (Å²) in [6, 6.07) is 8.02. The monoisotopic (exact) mass is 272 g/mol. The zero-order chi connectivity index (χ0) is 13.9. The van der Waals surface area contributed by atoms with E-state index in [9.17, 15) is 0 Å². The van der Waals surface area contributed by atoms with Gasteiger partial charge in [0.15, 0.2) is 5.82 Å². The summed E-state index contributed by atoms with van der Waals surface area (Å²) in [7, 11) is 0. The van der Waals surface area contributed by atoms with Crippen LogP contribution in [-0.2, 0) is 13.0 Å². The molecule has 0 fully saturated rings. The Bertz CT molecular complexity index is 576. The molecule has 1 unspecified atom stereocenters. The fraction of sp³-hybridized carbons (Fsp3) is 0.467. The first-order valence-corrected chi connectivity index (χ1v) is 7.17. The van der Waals surface area contributed by atoms with E-state index in [1.54, 1.807) is 0 Å². The molecule has 106 valence electrons. The molecule has 0 saturated carbocycles. The zero-order valence-electron chi connectivity index (χ0n) is 11.7. The second-order valence-electron chi connectivity index (χ2n) is 5.15. The molecule has 1 aromatic carbocycles. The van der Waals surface area contributed by atoms with Crippen LogP contribution in [0, 0.1) is 5.92 Å². The Hall–Kier alpha value is -1.88. The van der Waals surface area contributed by atoms with Crippen LogP contribution in [-0.4, -0.2) is 27.9 Å². The maximum atomic E-state index is 5.80. The van der Waals surface area contributed by atoms with E-state index in [1.165, 1.54) is 0 Å². The Labute approximate surface area is 118 Å². The number of ether oxygens (including phenoxy) is 1. The lowest BCUT2D eigenvalue weighted by Gasteiger charge is -2.22. The van der Waals surface area contributed by atoms with Crippen molar-refractivity contribution in [1.82, 2.24) is 14.8 Å². The summed E-state index contributed by atoms with van der Waals surface area (Å²) < 4.78 is 7.67. The fourth-order valence-electron chi connectivity index (χ4n) is 2.67. The summed E-state index contributed by atoms with van der Waals surface area (Å²) >= 11 is 0. The van der Waals surface area contributed by atoms with E-state index in [1.807, 2.05) is 31.2 Å². The largest absolute Gasteiger partial charge is 0.494 e. The molecule has 0 spiro atoms. The van der Waals surface area contributed by atoms with Crippen molar-refractivity contribution in [3.05, 3.63) is 30.1 Å². The molecule has 1 aromatic heterocycles. The molecule has 1 atom stereocenters. The number of aromatic nitrogens is 3. The van der Waals surface area contributed by atoms with E-state index < -0.39 is 0 Å². The van der Waals surface area contributed by atoms with Crippen LogP contribution in [0.15, 0.2) is 24.3 Å². The maximum Gasteiger partial charge on any atom is 0.163 e. The Morgan fingerprint density at radius 2 is 2.10 bits per heavy atom.